The molecule has 0 fully saturated rings. The molecular weight excluding hydrogens is 228 g/mol. The van der Waals surface area contributed by atoms with E-state index in [-0.39, 0.29) is 10.6 Å². The summed E-state index contributed by atoms with van der Waals surface area (Å²) in [7, 11) is 1.52. The fraction of sp³-hybridized carbons (Fsp3) is 0.636. The lowest BCUT2D eigenvalue weighted by molar-refractivity contribution is 0.226. The first-order chi connectivity index (χ1) is 7.44. The van der Waals surface area contributed by atoms with E-state index >= 15 is 0 Å². The standard InChI is InChI=1S/C11H17ClN2O2/c1-11(2,3)5-6-16-10-8(15-4)9(12)13-7-14-10/h7H,5-6H2,1-4H3. The normalized spacial score (nSPS) is 11.3. The first kappa shape index (κ1) is 13.0. The molecule has 0 saturated heterocycles. The van der Waals surface area contributed by atoms with Gasteiger partial charge in [0.05, 0.1) is 13.7 Å². The van der Waals surface area contributed by atoms with Gasteiger partial charge in [-0.1, -0.05) is 32.4 Å². The lowest BCUT2D eigenvalue weighted by Crippen LogP contribution is -2.12. The number of rotatable bonds is 4. The van der Waals surface area contributed by atoms with Gasteiger partial charge in [-0.15, -0.1) is 0 Å². The first-order valence-corrected chi connectivity index (χ1v) is 5.49. The third-order valence-electron chi connectivity index (χ3n) is 2.02. The Bertz CT molecular complexity index is 350. The van der Waals surface area contributed by atoms with E-state index in [4.69, 9.17) is 21.1 Å². The molecule has 0 radical (unpaired) electrons. The summed E-state index contributed by atoms with van der Waals surface area (Å²) in [6, 6.07) is 0. The summed E-state index contributed by atoms with van der Waals surface area (Å²) in [6.07, 6.45) is 2.29. The van der Waals surface area contributed by atoms with Gasteiger partial charge < -0.3 is 9.47 Å². The third kappa shape index (κ3) is 3.85. The van der Waals surface area contributed by atoms with Gasteiger partial charge in [-0.05, 0) is 11.8 Å². The van der Waals surface area contributed by atoms with Crippen molar-refractivity contribution in [2.45, 2.75) is 27.2 Å². The van der Waals surface area contributed by atoms with E-state index in [0.29, 0.717) is 18.2 Å². The molecule has 5 heteroatoms. The van der Waals surface area contributed by atoms with Gasteiger partial charge in [0, 0.05) is 0 Å². The van der Waals surface area contributed by atoms with Crippen LogP contribution in [0.3, 0.4) is 0 Å². The lowest BCUT2D eigenvalue weighted by atomic mass is 9.93. The van der Waals surface area contributed by atoms with E-state index in [9.17, 15) is 0 Å². The summed E-state index contributed by atoms with van der Waals surface area (Å²) < 4.78 is 10.6. The molecule has 1 heterocycles. The van der Waals surface area contributed by atoms with Crippen molar-refractivity contribution in [2.75, 3.05) is 13.7 Å². The van der Waals surface area contributed by atoms with Crippen LogP contribution in [0.5, 0.6) is 11.6 Å². The molecule has 0 saturated carbocycles. The first-order valence-electron chi connectivity index (χ1n) is 5.11. The quantitative estimate of drug-likeness (QED) is 0.764. The highest BCUT2D eigenvalue weighted by Crippen LogP contribution is 2.30. The smallest absolute Gasteiger partial charge is 0.261 e. The fourth-order valence-electron chi connectivity index (χ4n) is 1.07. The van der Waals surface area contributed by atoms with E-state index in [1.807, 2.05) is 0 Å². The van der Waals surface area contributed by atoms with E-state index < -0.39 is 0 Å². The SMILES string of the molecule is COc1c(Cl)ncnc1OCCC(C)(C)C. The zero-order valence-electron chi connectivity index (χ0n) is 10.1. The van der Waals surface area contributed by atoms with Crippen molar-refractivity contribution in [1.29, 1.82) is 0 Å². The van der Waals surface area contributed by atoms with Crippen molar-refractivity contribution in [1.82, 2.24) is 9.97 Å². The zero-order chi connectivity index (χ0) is 12.2. The molecule has 90 valence electrons. The largest absolute Gasteiger partial charge is 0.489 e. The molecule has 1 aromatic heterocycles. The molecule has 0 N–H and O–H groups in total. The molecule has 0 aliphatic carbocycles. The van der Waals surface area contributed by atoms with Crippen molar-refractivity contribution in [2.24, 2.45) is 5.41 Å². The van der Waals surface area contributed by atoms with Crippen LogP contribution in [0.2, 0.25) is 5.15 Å². The van der Waals surface area contributed by atoms with E-state index in [2.05, 4.69) is 30.7 Å². The van der Waals surface area contributed by atoms with Crippen LogP contribution in [-0.2, 0) is 0 Å². The van der Waals surface area contributed by atoms with Gasteiger partial charge in [0.1, 0.15) is 6.33 Å². The second-order valence-corrected chi connectivity index (χ2v) is 5.02. The van der Waals surface area contributed by atoms with Gasteiger partial charge in [0.2, 0.25) is 5.75 Å². The maximum atomic E-state index is 5.84. The second-order valence-electron chi connectivity index (χ2n) is 4.66. The molecule has 0 atom stereocenters. The summed E-state index contributed by atoms with van der Waals surface area (Å²) in [5.41, 5.74) is 0.226. The number of aromatic nitrogens is 2. The highest BCUT2D eigenvalue weighted by Gasteiger charge is 2.14. The topological polar surface area (TPSA) is 44.2 Å². The van der Waals surface area contributed by atoms with Crippen molar-refractivity contribution >= 4 is 11.6 Å². The molecule has 1 rings (SSSR count). The average Bonchev–Trinajstić information content (AvgIpc) is 2.16. The molecule has 16 heavy (non-hydrogen) atoms. The number of nitrogens with zero attached hydrogens (tertiary/aromatic N) is 2. The Balaban J connectivity index is 2.64. The lowest BCUT2D eigenvalue weighted by Gasteiger charge is -2.18. The van der Waals surface area contributed by atoms with Gasteiger partial charge in [-0.25, -0.2) is 4.98 Å². The highest BCUT2D eigenvalue weighted by molar-refractivity contribution is 6.31. The summed E-state index contributed by atoms with van der Waals surface area (Å²) in [5, 5.41) is 0.267. The monoisotopic (exact) mass is 244 g/mol. The molecule has 0 amide bonds. The Morgan fingerprint density at radius 1 is 1.31 bits per heavy atom. The van der Waals surface area contributed by atoms with Crippen LogP contribution in [0, 0.1) is 5.41 Å². The number of ether oxygens (including phenoxy) is 2. The predicted molar refractivity (Wildman–Crippen MR) is 63.2 cm³/mol. The highest BCUT2D eigenvalue weighted by atomic mass is 35.5. The maximum absolute atomic E-state index is 5.84. The maximum Gasteiger partial charge on any atom is 0.261 e. The van der Waals surface area contributed by atoms with E-state index in [0.717, 1.165) is 6.42 Å². The number of hydrogen-bond acceptors (Lipinski definition) is 4. The van der Waals surface area contributed by atoms with Crippen LogP contribution in [0.1, 0.15) is 27.2 Å². The van der Waals surface area contributed by atoms with Crippen molar-refractivity contribution in [3.63, 3.8) is 0 Å². The minimum Gasteiger partial charge on any atom is -0.489 e. The van der Waals surface area contributed by atoms with Crippen LogP contribution >= 0.6 is 11.6 Å². The Labute approximate surface area is 101 Å². The van der Waals surface area contributed by atoms with E-state index in [1.165, 1.54) is 13.4 Å². The van der Waals surface area contributed by atoms with Crippen molar-refractivity contribution < 1.29 is 9.47 Å². The minimum atomic E-state index is 0.226. The summed E-state index contributed by atoms with van der Waals surface area (Å²) in [5.74, 6) is 0.782. The summed E-state index contributed by atoms with van der Waals surface area (Å²) in [6.45, 7) is 7.04. The number of hydrogen-bond donors (Lipinski definition) is 0. The van der Waals surface area contributed by atoms with Gasteiger partial charge in [0.25, 0.3) is 5.88 Å². The molecule has 0 bridgehead atoms. The summed E-state index contributed by atoms with van der Waals surface area (Å²) in [4.78, 5) is 7.80. The predicted octanol–water partition coefficient (Wildman–Crippen LogP) is 2.95. The average molecular weight is 245 g/mol. The van der Waals surface area contributed by atoms with Gasteiger partial charge in [-0.3, -0.25) is 0 Å². The Hall–Kier alpha value is -1.03. The van der Waals surface area contributed by atoms with Crippen LogP contribution in [0.25, 0.3) is 0 Å². The Morgan fingerprint density at radius 2 is 2.00 bits per heavy atom. The third-order valence-corrected chi connectivity index (χ3v) is 2.29. The van der Waals surface area contributed by atoms with Crippen LogP contribution in [0.15, 0.2) is 6.33 Å². The Morgan fingerprint density at radius 3 is 2.56 bits per heavy atom. The molecule has 0 spiro atoms. The van der Waals surface area contributed by atoms with Crippen molar-refractivity contribution in [3.8, 4) is 11.6 Å². The summed E-state index contributed by atoms with van der Waals surface area (Å²) >= 11 is 5.84. The van der Waals surface area contributed by atoms with Gasteiger partial charge in [0.15, 0.2) is 5.15 Å². The van der Waals surface area contributed by atoms with Crippen molar-refractivity contribution in [3.05, 3.63) is 11.5 Å². The molecule has 1 aromatic rings. The second kappa shape index (κ2) is 5.34. The van der Waals surface area contributed by atoms with Gasteiger partial charge in [-0.2, -0.15) is 4.98 Å². The molecule has 0 aliphatic rings. The Kier molecular flexibility index (Phi) is 4.35. The van der Waals surface area contributed by atoms with Gasteiger partial charge >= 0.3 is 0 Å². The fourth-order valence-corrected chi connectivity index (χ4v) is 1.27. The van der Waals surface area contributed by atoms with Crippen LogP contribution in [0.4, 0.5) is 0 Å². The molecule has 0 aromatic carbocycles. The van der Waals surface area contributed by atoms with Crippen LogP contribution in [-0.4, -0.2) is 23.7 Å². The van der Waals surface area contributed by atoms with Crippen LogP contribution < -0.4 is 9.47 Å². The minimum absolute atomic E-state index is 0.226. The number of methoxy groups -OCH3 is 1. The molecular formula is C11H17ClN2O2. The molecule has 0 aliphatic heterocycles. The number of halogens is 1. The molecule has 0 unspecified atom stereocenters. The zero-order valence-corrected chi connectivity index (χ0v) is 10.8. The molecule has 4 nitrogen and oxygen atoms in total. The van der Waals surface area contributed by atoms with E-state index in [1.54, 1.807) is 0 Å².